The zero-order valence-electron chi connectivity index (χ0n) is 21.7. The van der Waals surface area contributed by atoms with Crippen molar-refractivity contribution in [3.05, 3.63) is 42.1 Å². The number of aliphatic hydroxyl groups is 1. The Morgan fingerprint density at radius 3 is 2.53 bits per heavy atom. The summed E-state index contributed by atoms with van der Waals surface area (Å²) in [7, 11) is 3.15. The molecular weight excluding hydrogens is 466 g/mol. The average molecular weight is 502 g/mol. The van der Waals surface area contributed by atoms with Crippen molar-refractivity contribution in [3.63, 3.8) is 0 Å². The van der Waals surface area contributed by atoms with Crippen LogP contribution in [-0.4, -0.2) is 73.2 Å². The summed E-state index contributed by atoms with van der Waals surface area (Å²) in [5.41, 5.74) is 0.576. The molecule has 0 radical (unpaired) electrons. The van der Waals surface area contributed by atoms with Gasteiger partial charge in [-0.25, -0.2) is 4.79 Å². The Morgan fingerprint density at radius 1 is 1.08 bits per heavy atom. The molecule has 0 fully saturated rings. The van der Waals surface area contributed by atoms with E-state index >= 15 is 0 Å². The fourth-order valence-electron chi connectivity index (χ4n) is 3.54. The lowest BCUT2D eigenvalue weighted by Crippen LogP contribution is -2.33. The van der Waals surface area contributed by atoms with Crippen LogP contribution in [0.25, 0.3) is 10.9 Å². The van der Waals surface area contributed by atoms with Gasteiger partial charge in [-0.1, -0.05) is 6.07 Å². The number of methoxy groups -OCH3 is 2. The Morgan fingerprint density at radius 2 is 1.83 bits per heavy atom. The first-order valence-corrected chi connectivity index (χ1v) is 11.7. The molecule has 3 aromatic rings. The largest absolute Gasteiger partial charge is 0.493 e. The van der Waals surface area contributed by atoms with E-state index in [1.165, 1.54) is 4.68 Å². The van der Waals surface area contributed by atoms with Crippen LogP contribution in [0.1, 0.15) is 26.5 Å². The predicted octanol–water partition coefficient (Wildman–Crippen LogP) is 3.55. The van der Waals surface area contributed by atoms with Crippen molar-refractivity contribution in [2.75, 3.05) is 40.5 Å². The summed E-state index contributed by atoms with van der Waals surface area (Å²) in [4.78, 5) is 12.6. The molecule has 0 amide bonds. The third-order valence-corrected chi connectivity index (χ3v) is 5.12. The van der Waals surface area contributed by atoms with Gasteiger partial charge in [0, 0.05) is 19.2 Å². The van der Waals surface area contributed by atoms with Crippen molar-refractivity contribution in [3.8, 4) is 23.0 Å². The Labute approximate surface area is 211 Å². The standard InChI is InChI=1S/C26H35N3O7/c1-17-24-20(29(28-17)25(31)36-26(2,3)4)8-7-9-22(24)35-16-18(30)15-27-12-13-34-19-10-11-21(32-5)23(14-19)33-6/h7-11,14,18,27,30H,12-13,15-16H2,1-6H3/t18-/m0/s1. The number of nitrogens with one attached hydrogen (secondary N) is 1. The van der Waals surface area contributed by atoms with E-state index in [9.17, 15) is 9.90 Å². The fourth-order valence-corrected chi connectivity index (χ4v) is 3.54. The van der Waals surface area contributed by atoms with Crippen LogP contribution in [0.2, 0.25) is 0 Å². The monoisotopic (exact) mass is 501 g/mol. The predicted molar refractivity (Wildman–Crippen MR) is 136 cm³/mol. The summed E-state index contributed by atoms with van der Waals surface area (Å²) >= 11 is 0. The van der Waals surface area contributed by atoms with Crippen molar-refractivity contribution in [2.45, 2.75) is 39.4 Å². The molecule has 0 spiro atoms. The highest BCUT2D eigenvalue weighted by Crippen LogP contribution is 2.31. The summed E-state index contributed by atoms with van der Waals surface area (Å²) in [5.74, 6) is 2.43. The first kappa shape index (κ1) is 27.1. The van der Waals surface area contributed by atoms with E-state index in [2.05, 4.69) is 10.4 Å². The number of nitrogens with zero attached hydrogens (tertiary/aromatic N) is 2. The van der Waals surface area contributed by atoms with Crippen molar-refractivity contribution in [2.24, 2.45) is 0 Å². The molecule has 196 valence electrons. The molecule has 10 heteroatoms. The zero-order valence-corrected chi connectivity index (χ0v) is 21.7. The third-order valence-electron chi connectivity index (χ3n) is 5.12. The van der Waals surface area contributed by atoms with E-state index in [4.69, 9.17) is 23.7 Å². The van der Waals surface area contributed by atoms with Gasteiger partial charge < -0.3 is 34.1 Å². The normalized spacial score (nSPS) is 12.3. The minimum Gasteiger partial charge on any atom is -0.493 e. The number of aromatic nitrogens is 2. The maximum atomic E-state index is 12.6. The second kappa shape index (κ2) is 12.0. The molecule has 3 rings (SSSR count). The van der Waals surface area contributed by atoms with Gasteiger partial charge in [0.25, 0.3) is 0 Å². The number of carbonyl (C=O) groups is 1. The summed E-state index contributed by atoms with van der Waals surface area (Å²) in [6.45, 7) is 8.53. The van der Waals surface area contributed by atoms with Crippen molar-refractivity contribution in [1.82, 2.24) is 15.1 Å². The summed E-state index contributed by atoms with van der Waals surface area (Å²) in [6, 6.07) is 10.7. The maximum absolute atomic E-state index is 12.6. The molecule has 0 aliphatic carbocycles. The molecule has 1 atom stereocenters. The quantitative estimate of drug-likeness (QED) is 0.381. The molecule has 10 nitrogen and oxygen atoms in total. The topological polar surface area (TPSA) is 113 Å². The van der Waals surface area contributed by atoms with E-state index in [-0.39, 0.29) is 6.61 Å². The Balaban J connectivity index is 1.49. The third kappa shape index (κ3) is 7.02. The van der Waals surface area contributed by atoms with Gasteiger partial charge in [0.05, 0.1) is 30.8 Å². The molecule has 0 saturated heterocycles. The molecule has 0 unspecified atom stereocenters. The Kier molecular flexibility index (Phi) is 9.00. The number of ether oxygens (including phenoxy) is 5. The lowest BCUT2D eigenvalue weighted by Gasteiger charge is -2.19. The lowest BCUT2D eigenvalue weighted by molar-refractivity contribution is 0.0522. The van der Waals surface area contributed by atoms with E-state index in [1.807, 2.05) is 0 Å². The molecule has 2 N–H and O–H groups in total. The van der Waals surface area contributed by atoms with Crippen molar-refractivity contribution in [1.29, 1.82) is 0 Å². The van der Waals surface area contributed by atoms with E-state index in [0.717, 1.165) is 0 Å². The number of hydrogen-bond donors (Lipinski definition) is 2. The van der Waals surface area contributed by atoms with E-state index < -0.39 is 17.8 Å². The number of benzene rings is 2. The van der Waals surface area contributed by atoms with Gasteiger partial charge in [-0.05, 0) is 52.0 Å². The van der Waals surface area contributed by atoms with Crippen LogP contribution < -0.4 is 24.3 Å². The highest BCUT2D eigenvalue weighted by molar-refractivity contribution is 5.93. The molecule has 0 aliphatic heterocycles. The molecule has 0 bridgehead atoms. The second-order valence-electron chi connectivity index (χ2n) is 9.16. The number of aliphatic hydroxyl groups excluding tert-OH is 1. The lowest BCUT2D eigenvalue weighted by atomic mass is 10.2. The van der Waals surface area contributed by atoms with Crippen LogP contribution in [0, 0.1) is 6.92 Å². The van der Waals surface area contributed by atoms with Crippen LogP contribution in [0.15, 0.2) is 36.4 Å². The van der Waals surface area contributed by atoms with Crippen LogP contribution in [0.3, 0.4) is 0 Å². The zero-order chi connectivity index (χ0) is 26.3. The van der Waals surface area contributed by atoms with Gasteiger partial charge in [-0.15, -0.1) is 0 Å². The van der Waals surface area contributed by atoms with Crippen LogP contribution in [0.4, 0.5) is 4.79 Å². The van der Waals surface area contributed by atoms with Crippen LogP contribution in [0.5, 0.6) is 23.0 Å². The summed E-state index contributed by atoms with van der Waals surface area (Å²) in [6.07, 6.45) is -1.31. The smallest absolute Gasteiger partial charge is 0.435 e. The van der Waals surface area contributed by atoms with Gasteiger partial charge in [-0.2, -0.15) is 9.78 Å². The molecule has 1 heterocycles. The minimum absolute atomic E-state index is 0.0692. The van der Waals surface area contributed by atoms with Gasteiger partial charge >= 0.3 is 6.09 Å². The van der Waals surface area contributed by atoms with Crippen molar-refractivity contribution < 1.29 is 33.6 Å². The molecule has 0 aliphatic rings. The number of rotatable bonds is 11. The highest BCUT2D eigenvalue weighted by atomic mass is 16.6. The van der Waals surface area contributed by atoms with E-state index in [1.54, 1.807) is 78.3 Å². The second-order valence-corrected chi connectivity index (χ2v) is 9.16. The van der Waals surface area contributed by atoms with Crippen molar-refractivity contribution >= 4 is 17.0 Å². The first-order chi connectivity index (χ1) is 17.1. The van der Waals surface area contributed by atoms with Gasteiger partial charge in [-0.3, -0.25) is 0 Å². The van der Waals surface area contributed by atoms with Gasteiger partial charge in [0.15, 0.2) is 11.5 Å². The van der Waals surface area contributed by atoms with Crippen LogP contribution in [-0.2, 0) is 4.74 Å². The van der Waals surface area contributed by atoms with Crippen LogP contribution >= 0.6 is 0 Å². The minimum atomic E-state index is -0.748. The Bertz CT molecular complexity index is 1170. The Hall–Kier alpha value is -3.50. The maximum Gasteiger partial charge on any atom is 0.435 e. The highest BCUT2D eigenvalue weighted by Gasteiger charge is 2.22. The number of hydrogen-bond acceptors (Lipinski definition) is 9. The molecule has 36 heavy (non-hydrogen) atoms. The molecule has 2 aromatic carbocycles. The first-order valence-electron chi connectivity index (χ1n) is 11.7. The fraction of sp³-hybridized carbons (Fsp3) is 0.462. The molecule has 1 aromatic heterocycles. The number of fused-ring (bicyclic) bond motifs is 1. The molecular formula is C26H35N3O7. The average Bonchev–Trinajstić information content (AvgIpc) is 3.18. The SMILES string of the molecule is COc1ccc(OCCNC[C@H](O)COc2cccc3c2c(C)nn3C(=O)OC(C)(C)C)cc1OC. The molecule has 0 saturated carbocycles. The van der Waals surface area contributed by atoms with E-state index in [0.29, 0.717) is 59.3 Å². The summed E-state index contributed by atoms with van der Waals surface area (Å²) < 4.78 is 28.8. The number of carbonyl (C=O) groups excluding carboxylic acids is 1. The van der Waals surface area contributed by atoms with Gasteiger partial charge in [0.1, 0.15) is 36.4 Å². The van der Waals surface area contributed by atoms with Gasteiger partial charge in [0.2, 0.25) is 0 Å². The number of aryl methyl sites for hydroxylation is 1. The summed E-state index contributed by atoms with van der Waals surface area (Å²) in [5, 5.41) is 18.5.